The second-order valence-electron chi connectivity index (χ2n) is 5.52. The van der Waals surface area contributed by atoms with Crippen molar-refractivity contribution < 1.29 is 0 Å². The monoisotopic (exact) mass is 287 g/mol. The van der Waals surface area contributed by atoms with Gasteiger partial charge < -0.3 is 5.32 Å². The zero-order valence-electron chi connectivity index (χ0n) is 11.9. The summed E-state index contributed by atoms with van der Waals surface area (Å²) < 4.78 is 0. The number of rotatable bonds is 7. The molecule has 0 aromatic carbocycles. The van der Waals surface area contributed by atoms with E-state index in [-0.39, 0.29) is 0 Å². The van der Waals surface area contributed by atoms with Crippen molar-refractivity contribution in [2.75, 3.05) is 0 Å². The maximum absolute atomic E-state index is 4.68. The number of hydrogen-bond acceptors (Lipinski definition) is 4. The van der Waals surface area contributed by atoms with Crippen molar-refractivity contribution in [3.05, 3.63) is 35.5 Å². The molecular weight excluding hydrogens is 266 g/mol. The normalized spacial score (nSPS) is 16.2. The minimum absolute atomic E-state index is 0.641. The summed E-state index contributed by atoms with van der Waals surface area (Å²) in [5.74, 6) is 0.979. The number of thiazole rings is 1. The van der Waals surface area contributed by atoms with Crippen LogP contribution in [0.5, 0.6) is 0 Å². The van der Waals surface area contributed by atoms with Gasteiger partial charge in [-0.1, -0.05) is 25.8 Å². The standard InChI is InChI=1S/C16H21N3S/c1-2-13(9-12-6-7-12)18-10-14-11-20-16(19-14)15-5-3-4-8-17-15/h3-5,8,11-13,18H,2,6-7,9-10H2,1H3. The molecule has 1 unspecified atom stereocenters. The Morgan fingerprint density at radius 1 is 1.40 bits per heavy atom. The van der Waals surface area contributed by atoms with Crippen LogP contribution in [0.1, 0.15) is 38.3 Å². The highest BCUT2D eigenvalue weighted by molar-refractivity contribution is 7.13. The highest BCUT2D eigenvalue weighted by Crippen LogP contribution is 2.34. The average Bonchev–Trinajstić information content (AvgIpc) is 3.19. The van der Waals surface area contributed by atoms with E-state index >= 15 is 0 Å². The van der Waals surface area contributed by atoms with Gasteiger partial charge in [0, 0.05) is 24.2 Å². The van der Waals surface area contributed by atoms with Crippen LogP contribution in [0, 0.1) is 5.92 Å². The minimum atomic E-state index is 0.641. The molecule has 1 fully saturated rings. The van der Waals surface area contributed by atoms with E-state index in [9.17, 15) is 0 Å². The lowest BCUT2D eigenvalue weighted by atomic mass is 10.1. The van der Waals surface area contributed by atoms with E-state index in [4.69, 9.17) is 0 Å². The van der Waals surface area contributed by atoms with E-state index in [1.165, 1.54) is 25.7 Å². The number of nitrogens with zero attached hydrogens (tertiary/aromatic N) is 2. The third kappa shape index (κ3) is 3.64. The molecule has 0 amide bonds. The van der Waals surface area contributed by atoms with Gasteiger partial charge in [-0.25, -0.2) is 4.98 Å². The van der Waals surface area contributed by atoms with Crippen LogP contribution in [0.4, 0.5) is 0 Å². The zero-order valence-corrected chi connectivity index (χ0v) is 12.7. The molecule has 2 aromatic rings. The largest absolute Gasteiger partial charge is 0.308 e. The summed E-state index contributed by atoms with van der Waals surface area (Å²) in [6.07, 6.45) is 7.20. The Kier molecular flexibility index (Phi) is 4.43. The Morgan fingerprint density at radius 2 is 2.30 bits per heavy atom. The second-order valence-corrected chi connectivity index (χ2v) is 6.38. The van der Waals surface area contributed by atoms with Crippen LogP contribution in [-0.2, 0) is 6.54 Å². The topological polar surface area (TPSA) is 37.8 Å². The van der Waals surface area contributed by atoms with Crippen LogP contribution >= 0.6 is 11.3 Å². The first-order chi connectivity index (χ1) is 9.85. The van der Waals surface area contributed by atoms with Crippen LogP contribution in [0.3, 0.4) is 0 Å². The molecule has 20 heavy (non-hydrogen) atoms. The number of nitrogens with one attached hydrogen (secondary N) is 1. The first-order valence-electron chi connectivity index (χ1n) is 7.44. The van der Waals surface area contributed by atoms with Gasteiger partial charge in [0.15, 0.2) is 0 Å². The number of pyridine rings is 1. The van der Waals surface area contributed by atoms with Crippen LogP contribution in [-0.4, -0.2) is 16.0 Å². The molecule has 0 aliphatic heterocycles. The summed E-state index contributed by atoms with van der Waals surface area (Å²) in [5.41, 5.74) is 2.10. The van der Waals surface area contributed by atoms with Crippen LogP contribution in [0.2, 0.25) is 0 Å². The zero-order chi connectivity index (χ0) is 13.8. The molecule has 0 bridgehead atoms. The van der Waals surface area contributed by atoms with Gasteiger partial charge >= 0.3 is 0 Å². The second kappa shape index (κ2) is 6.46. The quantitative estimate of drug-likeness (QED) is 0.840. The van der Waals surface area contributed by atoms with E-state index in [1.807, 2.05) is 24.4 Å². The van der Waals surface area contributed by atoms with E-state index in [1.54, 1.807) is 11.3 Å². The van der Waals surface area contributed by atoms with Crippen molar-refractivity contribution in [3.63, 3.8) is 0 Å². The maximum Gasteiger partial charge on any atom is 0.142 e. The molecule has 1 saturated carbocycles. The van der Waals surface area contributed by atoms with Gasteiger partial charge in [-0.3, -0.25) is 4.98 Å². The Bertz CT molecular complexity index is 534. The first-order valence-corrected chi connectivity index (χ1v) is 8.32. The van der Waals surface area contributed by atoms with E-state index < -0.39 is 0 Å². The lowest BCUT2D eigenvalue weighted by Gasteiger charge is -2.15. The summed E-state index contributed by atoms with van der Waals surface area (Å²) in [4.78, 5) is 9.02. The lowest BCUT2D eigenvalue weighted by Crippen LogP contribution is -2.28. The molecule has 106 valence electrons. The number of hydrogen-bond donors (Lipinski definition) is 1. The van der Waals surface area contributed by atoms with E-state index in [2.05, 4.69) is 27.6 Å². The number of aromatic nitrogens is 2. The van der Waals surface area contributed by atoms with Crippen molar-refractivity contribution in [3.8, 4) is 10.7 Å². The fourth-order valence-corrected chi connectivity index (χ4v) is 3.19. The van der Waals surface area contributed by atoms with E-state index in [0.29, 0.717) is 6.04 Å². The predicted octanol–water partition coefficient (Wildman–Crippen LogP) is 3.87. The van der Waals surface area contributed by atoms with Crippen LogP contribution < -0.4 is 5.32 Å². The summed E-state index contributed by atoms with van der Waals surface area (Å²) >= 11 is 1.67. The van der Waals surface area contributed by atoms with Gasteiger partial charge in [0.1, 0.15) is 5.01 Å². The average molecular weight is 287 g/mol. The van der Waals surface area contributed by atoms with Crippen molar-refractivity contribution in [1.29, 1.82) is 0 Å². The Morgan fingerprint density at radius 3 is 3.00 bits per heavy atom. The summed E-state index contributed by atoms with van der Waals surface area (Å²) in [6.45, 7) is 3.13. The minimum Gasteiger partial charge on any atom is -0.308 e. The molecule has 2 heterocycles. The van der Waals surface area contributed by atoms with Gasteiger partial charge in [-0.05, 0) is 30.9 Å². The molecule has 1 atom stereocenters. The van der Waals surface area contributed by atoms with Crippen molar-refractivity contribution in [1.82, 2.24) is 15.3 Å². The molecule has 4 heteroatoms. The molecule has 0 spiro atoms. The molecule has 0 radical (unpaired) electrons. The van der Waals surface area contributed by atoms with Gasteiger partial charge in [-0.2, -0.15) is 0 Å². The SMILES string of the molecule is CCC(CC1CC1)NCc1csc(-c2ccccn2)n1. The Hall–Kier alpha value is -1.26. The highest BCUT2D eigenvalue weighted by atomic mass is 32.1. The molecule has 0 saturated heterocycles. The molecule has 3 rings (SSSR count). The Labute approximate surface area is 124 Å². The predicted molar refractivity (Wildman–Crippen MR) is 83.6 cm³/mol. The Balaban J connectivity index is 1.56. The summed E-state index contributed by atoms with van der Waals surface area (Å²) in [5, 5.41) is 6.80. The van der Waals surface area contributed by atoms with Crippen LogP contribution in [0.15, 0.2) is 29.8 Å². The molecule has 1 aliphatic carbocycles. The molecule has 3 nitrogen and oxygen atoms in total. The molecule has 1 aliphatic rings. The van der Waals surface area contributed by atoms with Gasteiger partial charge in [0.05, 0.1) is 11.4 Å². The van der Waals surface area contributed by atoms with Crippen molar-refractivity contribution in [2.24, 2.45) is 5.92 Å². The van der Waals surface area contributed by atoms with Gasteiger partial charge in [0.25, 0.3) is 0 Å². The maximum atomic E-state index is 4.68. The smallest absolute Gasteiger partial charge is 0.142 e. The highest BCUT2D eigenvalue weighted by Gasteiger charge is 2.24. The summed E-state index contributed by atoms with van der Waals surface area (Å²) in [6, 6.07) is 6.59. The fraction of sp³-hybridized carbons (Fsp3) is 0.500. The van der Waals surface area contributed by atoms with E-state index in [0.717, 1.165) is 28.9 Å². The third-order valence-corrected chi connectivity index (χ3v) is 4.73. The molecule has 1 N–H and O–H groups in total. The fourth-order valence-electron chi connectivity index (χ4n) is 2.39. The van der Waals surface area contributed by atoms with Gasteiger partial charge in [0.2, 0.25) is 0 Å². The molecule has 2 aromatic heterocycles. The lowest BCUT2D eigenvalue weighted by molar-refractivity contribution is 0.443. The van der Waals surface area contributed by atoms with Crippen molar-refractivity contribution >= 4 is 11.3 Å². The van der Waals surface area contributed by atoms with Crippen LogP contribution in [0.25, 0.3) is 10.7 Å². The van der Waals surface area contributed by atoms with Gasteiger partial charge in [-0.15, -0.1) is 11.3 Å². The molecular formula is C16H21N3S. The third-order valence-electron chi connectivity index (χ3n) is 3.82. The summed E-state index contributed by atoms with van der Waals surface area (Å²) in [7, 11) is 0. The van der Waals surface area contributed by atoms with Crippen molar-refractivity contribution in [2.45, 2.75) is 45.2 Å². The first kappa shape index (κ1) is 13.7.